The number of rotatable bonds is 4. The van der Waals surface area contributed by atoms with Gasteiger partial charge in [-0.2, -0.15) is 20.5 Å². The fourth-order valence-corrected chi connectivity index (χ4v) is 2.95. The predicted molar refractivity (Wildman–Crippen MR) is 88.9 cm³/mol. The van der Waals surface area contributed by atoms with Gasteiger partial charge in [-0.25, -0.2) is 4.98 Å². The number of nitrogens with one attached hydrogen (secondary N) is 2. The zero-order valence-electron chi connectivity index (χ0n) is 13.9. The van der Waals surface area contributed by atoms with Gasteiger partial charge in [0.15, 0.2) is 5.82 Å². The van der Waals surface area contributed by atoms with Gasteiger partial charge >= 0.3 is 0 Å². The zero-order valence-corrected chi connectivity index (χ0v) is 13.9. The van der Waals surface area contributed by atoms with Gasteiger partial charge in [0.1, 0.15) is 23.0 Å². The first kappa shape index (κ1) is 15.7. The molecule has 2 aromatic heterocycles. The SMILES string of the molecule is CCCc1nc(C2CN(C(=O)c3ccc4n[nH]nc4c3)CCO2)n[nH]1. The Bertz CT molecular complexity index is 887. The molecule has 1 saturated heterocycles. The van der Waals surface area contributed by atoms with Gasteiger partial charge in [-0.05, 0) is 24.6 Å². The van der Waals surface area contributed by atoms with Crippen LogP contribution in [0.25, 0.3) is 11.0 Å². The summed E-state index contributed by atoms with van der Waals surface area (Å²) in [5.41, 5.74) is 2.00. The van der Waals surface area contributed by atoms with E-state index in [9.17, 15) is 4.79 Å². The molecule has 130 valence electrons. The molecule has 1 atom stereocenters. The number of carbonyl (C=O) groups is 1. The maximum Gasteiger partial charge on any atom is 0.254 e. The van der Waals surface area contributed by atoms with E-state index in [1.54, 1.807) is 23.1 Å². The Balaban J connectivity index is 1.50. The molecule has 1 aliphatic heterocycles. The van der Waals surface area contributed by atoms with Gasteiger partial charge in [-0.3, -0.25) is 9.89 Å². The van der Waals surface area contributed by atoms with Gasteiger partial charge in [0.05, 0.1) is 13.2 Å². The number of ether oxygens (including phenoxy) is 1. The Morgan fingerprint density at radius 1 is 1.32 bits per heavy atom. The Hall–Kier alpha value is -2.81. The molecule has 2 N–H and O–H groups in total. The standard InChI is InChI=1S/C16H19N7O2/c1-2-3-14-17-15(21-20-14)13-9-23(6-7-25-13)16(24)10-4-5-11-12(8-10)19-22-18-11/h4-5,8,13H,2-3,6-7,9H2,1H3,(H,17,20,21)(H,18,19,22). The lowest BCUT2D eigenvalue weighted by atomic mass is 10.1. The summed E-state index contributed by atoms with van der Waals surface area (Å²) in [6, 6.07) is 5.30. The molecule has 1 aromatic carbocycles. The highest BCUT2D eigenvalue weighted by molar-refractivity contribution is 5.97. The smallest absolute Gasteiger partial charge is 0.254 e. The largest absolute Gasteiger partial charge is 0.366 e. The van der Waals surface area contributed by atoms with Gasteiger partial charge in [0.2, 0.25) is 0 Å². The van der Waals surface area contributed by atoms with Gasteiger partial charge in [0, 0.05) is 18.5 Å². The van der Waals surface area contributed by atoms with Crippen LogP contribution in [-0.2, 0) is 11.2 Å². The summed E-state index contributed by atoms with van der Waals surface area (Å²) in [6.07, 6.45) is 1.53. The quantitative estimate of drug-likeness (QED) is 0.738. The topological polar surface area (TPSA) is 113 Å². The molecule has 3 aromatic rings. The molecule has 1 aliphatic rings. The molecular formula is C16H19N7O2. The van der Waals surface area contributed by atoms with E-state index in [4.69, 9.17) is 4.74 Å². The number of morpholine rings is 1. The van der Waals surface area contributed by atoms with Crippen LogP contribution in [0.2, 0.25) is 0 Å². The van der Waals surface area contributed by atoms with Crippen molar-refractivity contribution >= 4 is 16.9 Å². The average molecular weight is 341 g/mol. The molecule has 9 heteroatoms. The Morgan fingerprint density at radius 2 is 2.20 bits per heavy atom. The normalized spacial score (nSPS) is 18.0. The second-order valence-corrected chi connectivity index (χ2v) is 6.03. The van der Waals surface area contributed by atoms with Crippen LogP contribution in [0.4, 0.5) is 0 Å². The minimum absolute atomic E-state index is 0.0532. The molecule has 9 nitrogen and oxygen atoms in total. The lowest BCUT2D eigenvalue weighted by Crippen LogP contribution is -2.42. The third kappa shape index (κ3) is 3.10. The summed E-state index contributed by atoms with van der Waals surface area (Å²) in [5.74, 6) is 1.40. The summed E-state index contributed by atoms with van der Waals surface area (Å²) >= 11 is 0. The number of aromatic nitrogens is 6. The molecule has 0 bridgehead atoms. The summed E-state index contributed by atoms with van der Waals surface area (Å²) in [7, 11) is 0. The van der Waals surface area contributed by atoms with Crippen molar-refractivity contribution in [3.63, 3.8) is 0 Å². The number of hydrogen-bond donors (Lipinski definition) is 2. The minimum atomic E-state index is -0.310. The molecule has 4 rings (SSSR count). The molecule has 1 fully saturated rings. The highest BCUT2D eigenvalue weighted by Crippen LogP contribution is 2.21. The van der Waals surface area contributed by atoms with Gasteiger partial charge in [-0.15, -0.1) is 0 Å². The first-order valence-corrected chi connectivity index (χ1v) is 8.37. The van der Waals surface area contributed by atoms with E-state index in [-0.39, 0.29) is 12.0 Å². The van der Waals surface area contributed by atoms with Crippen molar-refractivity contribution in [2.75, 3.05) is 19.7 Å². The minimum Gasteiger partial charge on any atom is -0.366 e. The molecule has 0 radical (unpaired) electrons. The van der Waals surface area contributed by atoms with Gasteiger partial charge in [-0.1, -0.05) is 6.92 Å². The molecule has 1 amide bonds. The van der Waals surface area contributed by atoms with E-state index in [1.807, 2.05) is 0 Å². The molecule has 0 saturated carbocycles. The van der Waals surface area contributed by atoms with Crippen molar-refractivity contribution in [1.82, 2.24) is 35.5 Å². The lowest BCUT2D eigenvalue weighted by molar-refractivity contribution is -0.0266. The lowest BCUT2D eigenvalue weighted by Gasteiger charge is -2.31. The maximum absolute atomic E-state index is 12.8. The van der Waals surface area contributed by atoms with Crippen LogP contribution >= 0.6 is 0 Å². The van der Waals surface area contributed by atoms with Crippen molar-refractivity contribution in [2.24, 2.45) is 0 Å². The Morgan fingerprint density at radius 3 is 3.08 bits per heavy atom. The van der Waals surface area contributed by atoms with E-state index in [2.05, 4.69) is 37.5 Å². The van der Waals surface area contributed by atoms with Crippen molar-refractivity contribution in [2.45, 2.75) is 25.9 Å². The Labute approximate surface area is 143 Å². The predicted octanol–water partition coefficient (Wildman–Crippen LogP) is 1.24. The number of benzene rings is 1. The second-order valence-electron chi connectivity index (χ2n) is 6.03. The first-order valence-electron chi connectivity index (χ1n) is 8.37. The fourth-order valence-electron chi connectivity index (χ4n) is 2.95. The number of aryl methyl sites for hydroxylation is 1. The number of amides is 1. The van der Waals surface area contributed by atoms with Crippen LogP contribution in [0.5, 0.6) is 0 Å². The molecular weight excluding hydrogens is 322 g/mol. The van der Waals surface area contributed by atoms with E-state index in [1.165, 1.54) is 0 Å². The average Bonchev–Trinajstić information content (AvgIpc) is 3.30. The zero-order chi connectivity index (χ0) is 17.2. The molecule has 0 spiro atoms. The van der Waals surface area contributed by atoms with Crippen LogP contribution in [0, 0.1) is 0 Å². The molecule has 3 heterocycles. The number of aromatic amines is 2. The molecule has 25 heavy (non-hydrogen) atoms. The number of fused-ring (bicyclic) bond motifs is 1. The second kappa shape index (κ2) is 6.60. The summed E-state index contributed by atoms with van der Waals surface area (Å²) in [6.45, 7) is 3.52. The number of hydrogen-bond acceptors (Lipinski definition) is 6. The van der Waals surface area contributed by atoms with Crippen LogP contribution < -0.4 is 0 Å². The highest BCUT2D eigenvalue weighted by Gasteiger charge is 2.28. The number of nitrogens with zero attached hydrogens (tertiary/aromatic N) is 5. The number of carbonyl (C=O) groups excluding carboxylic acids is 1. The van der Waals surface area contributed by atoms with Crippen LogP contribution in [-0.4, -0.2) is 61.1 Å². The van der Waals surface area contributed by atoms with Crippen LogP contribution in [0.15, 0.2) is 18.2 Å². The van der Waals surface area contributed by atoms with E-state index in [0.29, 0.717) is 36.6 Å². The van der Waals surface area contributed by atoms with E-state index >= 15 is 0 Å². The summed E-state index contributed by atoms with van der Waals surface area (Å²) < 4.78 is 5.76. The van der Waals surface area contributed by atoms with Gasteiger partial charge in [0.25, 0.3) is 5.91 Å². The van der Waals surface area contributed by atoms with Crippen molar-refractivity contribution in [1.29, 1.82) is 0 Å². The van der Waals surface area contributed by atoms with Crippen LogP contribution in [0.3, 0.4) is 0 Å². The first-order chi connectivity index (χ1) is 12.2. The van der Waals surface area contributed by atoms with Crippen molar-refractivity contribution in [3.8, 4) is 0 Å². The third-order valence-electron chi connectivity index (χ3n) is 4.24. The monoisotopic (exact) mass is 341 g/mol. The molecule has 1 unspecified atom stereocenters. The third-order valence-corrected chi connectivity index (χ3v) is 4.24. The van der Waals surface area contributed by atoms with Crippen molar-refractivity contribution in [3.05, 3.63) is 35.4 Å². The van der Waals surface area contributed by atoms with E-state index < -0.39 is 0 Å². The molecule has 0 aliphatic carbocycles. The fraction of sp³-hybridized carbons (Fsp3) is 0.438. The Kier molecular flexibility index (Phi) is 4.14. The summed E-state index contributed by atoms with van der Waals surface area (Å²) in [5, 5.41) is 17.8. The van der Waals surface area contributed by atoms with Crippen LogP contribution in [0.1, 0.15) is 41.5 Å². The van der Waals surface area contributed by atoms with E-state index in [0.717, 1.165) is 24.2 Å². The highest BCUT2D eigenvalue weighted by atomic mass is 16.5. The summed E-state index contributed by atoms with van der Waals surface area (Å²) in [4.78, 5) is 19.1. The van der Waals surface area contributed by atoms with Crippen molar-refractivity contribution < 1.29 is 9.53 Å². The number of H-pyrrole nitrogens is 2. The van der Waals surface area contributed by atoms with Gasteiger partial charge < -0.3 is 9.64 Å². The maximum atomic E-state index is 12.8.